The summed E-state index contributed by atoms with van der Waals surface area (Å²) in [7, 11) is -3.75. The van der Waals surface area contributed by atoms with Crippen LogP contribution >= 0.6 is 0 Å². The van der Waals surface area contributed by atoms with E-state index >= 15 is 0 Å². The molecule has 0 saturated heterocycles. The van der Waals surface area contributed by atoms with Gasteiger partial charge in [0, 0.05) is 12.2 Å². The molecular weight excluding hydrogens is 399 g/mol. The lowest BCUT2D eigenvalue weighted by atomic mass is 10.1. The van der Waals surface area contributed by atoms with E-state index in [1.54, 1.807) is 19.1 Å². The zero-order valence-electron chi connectivity index (χ0n) is 16.4. The van der Waals surface area contributed by atoms with Gasteiger partial charge >= 0.3 is 5.97 Å². The summed E-state index contributed by atoms with van der Waals surface area (Å²) in [6, 6.07) is 8.95. The fraction of sp³-hybridized carbons (Fsp3) is 0.300. The van der Waals surface area contributed by atoms with E-state index in [9.17, 15) is 22.4 Å². The Morgan fingerprint density at radius 2 is 1.69 bits per heavy atom. The van der Waals surface area contributed by atoms with Crippen LogP contribution < -0.4 is 10.0 Å². The van der Waals surface area contributed by atoms with Crippen molar-refractivity contribution in [2.24, 2.45) is 0 Å². The molecule has 1 amide bonds. The monoisotopic (exact) mass is 422 g/mol. The standard InChI is InChI=1S/C20H23FN2O5S/c1-13-5-7-17(10-15(13)3)29(26,27)22-9-8-20(25)28-12-19(24)23-16-6-4-14(2)18(21)11-16/h4-7,10-11,22H,8-9,12H2,1-3H3,(H,23,24). The molecule has 7 nitrogen and oxygen atoms in total. The molecule has 2 aromatic rings. The minimum absolute atomic E-state index is 0.110. The summed E-state index contributed by atoms with van der Waals surface area (Å²) in [5, 5.41) is 2.41. The smallest absolute Gasteiger partial charge is 0.307 e. The lowest BCUT2D eigenvalue weighted by Crippen LogP contribution is -2.28. The van der Waals surface area contributed by atoms with Gasteiger partial charge in [-0.25, -0.2) is 17.5 Å². The van der Waals surface area contributed by atoms with E-state index in [1.807, 2.05) is 13.8 Å². The van der Waals surface area contributed by atoms with Gasteiger partial charge in [0.15, 0.2) is 6.61 Å². The van der Waals surface area contributed by atoms with Crippen LogP contribution in [0.4, 0.5) is 10.1 Å². The van der Waals surface area contributed by atoms with Gasteiger partial charge in [-0.3, -0.25) is 9.59 Å². The minimum Gasteiger partial charge on any atom is -0.456 e. The molecule has 0 saturated carbocycles. The zero-order valence-corrected chi connectivity index (χ0v) is 17.2. The molecule has 29 heavy (non-hydrogen) atoms. The molecule has 0 aliphatic rings. The second-order valence-corrected chi connectivity index (χ2v) is 8.33. The lowest BCUT2D eigenvalue weighted by Gasteiger charge is -2.09. The van der Waals surface area contributed by atoms with E-state index < -0.39 is 34.3 Å². The molecule has 0 aliphatic carbocycles. The summed E-state index contributed by atoms with van der Waals surface area (Å²) in [5.74, 6) is -1.83. The second-order valence-electron chi connectivity index (χ2n) is 6.57. The average molecular weight is 422 g/mol. The highest BCUT2D eigenvalue weighted by Crippen LogP contribution is 2.15. The van der Waals surface area contributed by atoms with Gasteiger partial charge in [0.1, 0.15) is 5.82 Å². The molecule has 0 atom stereocenters. The Kier molecular flexibility index (Phi) is 7.46. The number of benzene rings is 2. The molecule has 2 rings (SSSR count). The summed E-state index contributed by atoms with van der Waals surface area (Å²) in [6.07, 6.45) is -0.240. The molecule has 0 heterocycles. The average Bonchev–Trinajstić information content (AvgIpc) is 2.65. The van der Waals surface area contributed by atoms with E-state index in [2.05, 4.69) is 10.0 Å². The molecule has 2 N–H and O–H groups in total. The van der Waals surface area contributed by atoms with Crippen molar-refractivity contribution in [2.75, 3.05) is 18.5 Å². The first-order valence-electron chi connectivity index (χ1n) is 8.87. The van der Waals surface area contributed by atoms with Crippen LogP contribution in [-0.2, 0) is 24.3 Å². The van der Waals surface area contributed by atoms with Gasteiger partial charge in [-0.1, -0.05) is 12.1 Å². The Labute approximate surface area is 169 Å². The van der Waals surface area contributed by atoms with Crippen molar-refractivity contribution in [2.45, 2.75) is 32.1 Å². The number of hydrogen-bond acceptors (Lipinski definition) is 5. The maximum absolute atomic E-state index is 13.5. The molecule has 0 spiro atoms. The molecule has 0 unspecified atom stereocenters. The van der Waals surface area contributed by atoms with Gasteiger partial charge in [-0.05, 0) is 61.7 Å². The minimum atomic E-state index is -3.75. The first-order valence-corrected chi connectivity index (χ1v) is 10.4. The van der Waals surface area contributed by atoms with Gasteiger partial charge in [0.2, 0.25) is 10.0 Å². The Bertz CT molecular complexity index is 1020. The van der Waals surface area contributed by atoms with E-state index in [1.165, 1.54) is 18.2 Å². The number of carbonyl (C=O) groups excluding carboxylic acids is 2. The van der Waals surface area contributed by atoms with Crippen molar-refractivity contribution in [1.82, 2.24) is 4.72 Å². The molecule has 0 radical (unpaired) electrons. The Balaban J connectivity index is 1.77. The highest BCUT2D eigenvalue weighted by molar-refractivity contribution is 7.89. The highest BCUT2D eigenvalue weighted by atomic mass is 32.2. The van der Waals surface area contributed by atoms with E-state index in [-0.39, 0.29) is 23.5 Å². The van der Waals surface area contributed by atoms with Gasteiger partial charge in [-0.15, -0.1) is 0 Å². The van der Waals surface area contributed by atoms with Crippen LogP contribution in [0.15, 0.2) is 41.3 Å². The Morgan fingerprint density at radius 3 is 2.34 bits per heavy atom. The maximum Gasteiger partial charge on any atom is 0.307 e. The summed E-state index contributed by atoms with van der Waals surface area (Å²) < 4.78 is 45.1. The first-order chi connectivity index (χ1) is 13.6. The predicted octanol–water partition coefficient (Wildman–Crippen LogP) is 2.60. The number of anilines is 1. The number of sulfonamides is 1. The van der Waals surface area contributed by atoms with Crippen molar-refractivity contribution in [3.05, 3.63) is 58.9 Å². The molecule has 156 valence electrons. The van der Waals surface area contributed by atoms with Crippen LogP contribution in [0.3, 0.4) is 0 Å². The van der Waals surface area contributed by atoms with Crippen molar-refractivity contribution in [3.8, 4) is 0 Å². The largest absolute Gasteiger partial charge is 0.456 e. The summed E-state index contributed by atoms with van der Waals surface area (Å²) >= 11 is 0. The van der Waals surface area contributed by atoms with Crippen LogP contribution in [0.1, 0.15) is 23.1 Å². The molecule has 0 aliphatic heterocycles. The quantitative estimate of drug-likeness (QED) is 0.637. The van der Waals surface area contributed by atoms with Gasteiger partial charge in [0.25, 0.3) is 5.91 Å². The lowest BCUT2D eigenvalue weighted by molar-refractivity contribution is -0.147. The number of carbonyl (C=O) groups is 2. The highest BCUT2D eigenvalue weighted by Gasteiger charge is 2.16. The number of nitrogens with one attached hydrogen (secondary N) is 2. The number of hydrogen-bond donors (Lipinski definition) is 2. The third kappa shape index (κ3) is 6.65. The van der Waals surface area contributed by atoms with Crippen LogP contribution in [0.25, 0.3) is 0 Å². The van der Waals surface area contributed by atoms with Crippen LogP contribution in [0.2, 0.25) is 0 Å². The topological polar surface area (TPSA) is 102 Å². The van der Waals surface area contributed by atoms with Crippen molar-refractivity contribution < 1.29 is 27.1 Å². The molecular formula is C20H23FN2O5S. The molecule has 0 bridgehead atoms. The SMILES string of the molecule is Cc1ccc(S(=O)(=O)NCCC(=O)OCC(=O)Nc2ccc(C)c(F)c2)cc1C. The summed E-state index contributed by atoms with van der Waals surface area (Å²) in [4.78, 5) is 23.6. The second kappa shape index (κ2) is 9.62. The van der Waals surface area contributed by atoms with Crippen molar-refractivity contribution in [3.63, 3.8) is 0 Å². The van der Waals surface area contributed by atoms with Gasteiger partial charge < -0.3 is 10.1 Å². The number of halogens is 1. The zero-order chi connectivity index (χ0) is 21.6. The van der Waals surface area contributed by atoms with Gasteiger partial charge in [0.05, 0.1) is 11.3 Å². The normalized spacial score (nSPS) is 11.2. The number of esters is 1. The number of rotatable bonds is 8. The van der Waals surface area contributed by atoms with Crippen LogP contribution in [0.5, 0.6) is 0 Å². The summed E-state index contributed by atoms with van der Waals surface area (Å²) in [6.45, 7) is 4.55. The molecule has 9 heteroatoms. The number of amides is 1. The maximum atomic E-state index is 13.5. The van der Waals surface area contributed by atoms with Crippen molar-refractivity contribution in [1.29, 1.82) is 0 Å². The Morgan fingerprint density at radius 1 is 1.00 bits per heavy atom. The third-order valence-corrected chi connectivity index (χ3v) is 5.69. The van der Waals surface area contributed by atoms with Gasteiger partial charge in [-0.2, -0.15) is 0 Å². The predicted molar refractivity (Wildman–Crippen MR) is 106 cm³/mol. The van der Waals surface area contributed by atoms with Crippen LogP contribution in [0, 0.1) is 26.6 Å². The fourth-order valence-corrected chi connectivity index (χ4v) is 3.45. The molecule has 0 aromatic heterocycles. The first kappa shape index (κ1) is 22.5. The number of ether oxygens (including phenoxy) is 1. The van der Waals surface area contributed by atoms with Crippen LogP contribution in [-0.4, -0.2) is 33.4 Å². The fourth-order valence-electron chi connectivity index (χ4n) is 2.34. The number of aryl methyl sites for hydroxylation is 3. The van der Waals surface area contributed by atoms with Crippen molar-refractivity contribution >= 4 is 27.6 Å². The summed E-state index contributed by atoms with van der Waals surface area (Å²) in [5.41, 5.74) is 2.50. The molecule has 2 aromatic carbocycles. The third-order valence-electron chi connectivity index (χ3n) is 4.23. The van der Waals surface area contributed by atoms with E-state index in [0.29, 0.717) is 5.56 Å². The van der Waals surface area contributed by atoms with E-state index in [0.717, 1.165) is 17.2 Å². The Hall–Kier alpha value is -2.78. The molecule has 0 fully saturated rings. The van der Waals surface area contributed by atoms with E-state index in [4.69, 9.17) is 4.74 Å².